The molecule has 0 saturated carbocycles. The molecule has 2 heterocycles. The molecule has 2 N–H and O–H groups in total. The number of nitrogens with one attached hydrogen (secondary N) is 1. The van der Waals surface area contributed by atoms with Crippen LogP contribution in [-0.2, 0) is 0 Å². The molecule has 1 aliphatic heterocycles. The highest BCUT2D eigenvalue weighted by atomic mass is 16.4. The number of carbonyl (C=O) groups is 3. The van der Waals surface area contributed by atoms with Gasteiger partial charge in [0.05, 0.1) is 0 Å². The smallest absolute Gasteiger partial charge is 0.371 e. The maximum Gasteiger partial charge on any atom is 0.371 e. The summed E-state index contributed by atoms with van der Waals surface area (Å²) in [5.41, 5.74) is 0.605. The topological polar surface area (TPSA) is 99.9 Å². The van der Waals surface area contributed by atoms with Gasteiger partial charge in [-0.1, -0.05) is 18.2 Å². The Morgan fingerprint density at radius 1 is 1.12 bits per heavy atom. The maximum atomic E-state index is 12.5. The first-order valence-electron chi connectivity index (χ1n) is 8.50. The summed E-state index contributed by atoms with van der Waals surface area (Å²) in [7, 11) is 0. The summed E-state index contributed by atoms with van der Waals surface area (Å²) in [5, 5.41) is 11.8. The normalized spacial score (nSPS) is 16.9. The van der Waals surface area contributed by atoms with Crippen LogP contribution in [0.4, 0.5) is 0 Å². The lowest BCUT2D eigenvalue weighted by molar-refractivity contribution is 0.0618. The third kappa shape index (κ3) is 4.11. The number of likely N-dealkylation sites (tertiary alicyclic amines) is 1. The van der Waals surface area contributed by atoms with Gasteiger partial charge < -0.3 is 19.7 Å². The van der Waals surface area contributed by atoms with Crippen molar-refractivity contribution in [1.29, 1.82) is 0 Å². The number of rotatable bonds is 5. The fourth-order valence-electron chi connectivity index (χ4n) is 3.07. The number of nitrogens with zero attached hydrogens (tertiary/aromatic N) is 1. The molecule has 1 saturated heterocycles. The minimum Gasteiger partial charge on any atom is -0.475 e. The summed E-state index contributed by atoms with van der Waals surface area (Å²) < 4.78 is 5.09. The molecule has 7 nitrogen and oxygen atoms in total. The van der Waals surface area contributed by atoms with Gasteiger partial charge in [-0.15, -0.1) is 0 Å². The second-order valence-corrected chi connectivity index (χ2v) is 6.30. The van der Waals surface area contributed by atoms with E-state index in [-0.39, 0.29) is 29.3 Å². The number of carboxylic acids is 1. The van der Waals surface area contributed by atoms with Crippen LogP contribution >= 0.6 is 0 Å². The van der Waals surface area contributed by atoms with Gasteiger partial charge in [0.1, 0.15) is 0 Å². The molecular weight excluding hydrogens is 336 g/mol. The molecule has 136 valence electrons. The number of carbonyl (C=O) groups excluding carboxylic acids is 2. The monoisotopic (exact) mass is 356 g/mol. The van der Waals surface area contributed by atoms with Crippen molar-refractivity contribution in [1.82, 2.24) is 10.2 Å². The van der Waals surface area contributed by atoms with Gasteiger partial charge in [-0.25, -0.2) is 4.79 Å². The van der Waals surface area contributed by atoms with E-state index < -0.39 is 5.97 Å². The molecule has 0 aliphatic carbocycles. The predicted molar refractivity (Wildman–Crippen MR) is 93.1 cm³/mol. The van der Waals surface area contributed by atoms with Crippen LogP contribution in [-0.4, -0.2) is 47.4 Å². The van der Waals surface area contributed by atoms with Crippen LogP contribution in [0.2, 0.25) is 0 Å². The van der Waals surface area contributed by atoms with Crippen molar-refractivity contribution >= 4 is 17.8 Å². The summed E-state index contributed by atoms with van der Waals surface area (Å²) in [6, 6.07) is 11.6. The van der Waals surface area contributed by atoms with E-state index in [0.717, 1.165) is 12.8 Å². The molecule has 1 atom stereocenters. The van der Waals surface area contributed by atoms with E-state index in [1.54, 1.807) is 17.0 Å². The van der Waals surface area contributed by atoms with Gasteiger partial charge in [-0.2, -0.15) is 0 Å². The number of hydrogen-bond donors (Lipinski definition) is 2. The van der Waals surface area contributed by atoms with Gasteiger partial charge in [0.15, 0.2) is 5.76 Å². The number of amides is 2. The quantitative estimate of drug-likeness (QED) is 0.856. The Kier molecular flexibility index (Phi) is 5.36. The largest absolute Gasteiger partial charge is 0.475 e. The van der Waals surface area contributed by atoms with Crippen LogP contribution in [0.1, 0.15) is 44.3 Å². The molecule has 1 unspecified atom stereocenters. The number of aromatic carboxylic acids is 1. The average molecular weight is 356 g/mol. The molecule has 0 radical (unpaired) electrons. The molecule has 1 fully saturated rings. The minimum absolute atomic E-state index is 0.0244. The fraction of sp³-hybridized carbons (Fsp3) is 0.316. The summed E-state index contributed by atoms with van der Waals surface area (Å²) >= 11 is 0. The first kappa shape index (κ1) is 17.7. The fourth-order valence-corrected chi connectivity index (χ4v) is 3.07. The average Bonchev–Trinajstić information content (AvgIpc) is 3.17. The van der Waals surface area contributed by atoms with E-state index in [2.05, 4.69) is 5.32 Å². The first-order valence-corrected chi connectivity index (χ1v) is 8.50. The molecule has 3 rings (SSSR count). The van der Waals surface area contributed by atoms with Crippen molar-refractivity contribution in [2.75, 3.05) is 19.6 Å². The lowest BCUT2D eigenvalue weighted by atomic mass is 9.97. The number of furan rings is 1. The van der Waals surface area contributed by atoms with E-state index in [4.69, 9.17) is 9.52 Å². The van der Waals surface area contributed by atoms with Crippen molar-refractivity contribution in [3.05, 3.63) is 59.5 Å². The second-order valence-electron chi connectivity index (χ2n) is 6.30. The van der Waals surface area contributed by atoms with Crippen LogP contribution < -0.4 is 5.32 Å². The molecule has 0 spiro atoms. The van der Waals surface area contributed by atoms with Gasteiger partial charge in [0, 0.05) is 25.2 Å². The summed E-state index contributed by atoms with van der Waals surface area (Å²) in [6.07, 6.45) is 1.74. The minimum atomic E-state index is -1.20. The summed E-state index contributed by atoms with van der Waals surface area (Å²) in [5.74, 6) is -1.74. The lowest BCUT2D eigenvalue weighted by Gasteiger charge is -2.32. The van der Waals surface area contributed by atoms with Crippen molar-refractivity contribution in [3.8, 4) is 0 Å². The molecule has 1 aromatic carbocycles. The standard InChI is InChI=1S/C19H20N2O5/c22-17(14-6-2-1-3-7-14)20-11-13-5-4-10-21(12-13)18(23)15-8-9-16(26-15)19(24)25/h1-3,6-9,13H,4-5,10-12H2,(H,20,22)(H,24,25). The summed E-state index contributed by atoms with van der Waals surface area (Å²) in [6.45, 7) is 1.57. The SMILES string of the molecule is O=C(NCC1CCCN(C(=O)c2ccc(C(=O)O)o2)C1)c1ccccc1. The highest BCUT2D eigenvalue weighted by molar-refractivity contribution is 5.94. The molecule has 7 heteroatoms. The number of carboxylic acid groups (broad SMARTS) is 1. The Morgan fingerprint density at radius 2 is 1.85 bits per heavy atom. The van der Waals surface area contributed by atoms with Gasteiger partial charge in [-0.05, 0) is 43.0 Å². The number of hydrogen-bond acceptors (Lipinski definition) is 4. The van der Waals surface area contributed by atoms with Gasteiger partial charge >= 0.3 is 5.97 Å². The Hall–Kier alpha value is -3.09. The van der Waals surface area contributed by atoms with E-state index >= 15 is 0 Å². The van der Waals surface area contributed by atoms with Crippen molar-refractivity contribution in [3.63, 3.8) is 0 Å². The zero-order valence-corrected chi connectivity index (χ0v) is 14.2. The van der Waals surface area contributed by atoms with E-state index in [9.17, 15) is 14.4 Å². The first-order chi connectivity index (χ1) is 12.5. The number of piperidine rings is 1. The Bertz CT molecular complexity index is 799. The van der Waals surface area contributed by atoms with Crippen LogP contribution in [0, 0.1) is 5.92 Å². The molecule has 1 aliphatic rings. The van der Waals surface area contributed by atoms with Gasteiger partial charge in [0.2, 0.25) is 5.76 Å². The molecular formula is C19H20N2O5. The Balaban J connectivity index is 1.56. The highest BCUT2D eigenvalue weighted by Gasteiger charge is 2.27. The summed E-state index contributed by atoms with van der Waals surface area (Å²) in [4.78, 5) is 37.1. The third-order valence-electron chi connectivity index (χ3n) is 4.42. The Morgan fingerprint density at radius 3 is 2.54 bits per heavy atom. The van der Waals surface area contributed by atoms with Gasteiger partial charge in [-0.3, -0.25) is 9.59 Å². The molecule has 0 bridgehead atoms. The van der Waals surface area contributed by atoms with E-state index in [1.807, 2.05) is 18.2 Å². The molecule has 1 aromatic heterocycles. The number of benzene rings is 1. The highest BCUT2D eigenvalue weighted by Crippen LogP contribution is 2.19. The Labute approximate surface area is 150 Å². The van der Waals surface area contributed by atoms with Crippen molar-refractivity contribution in [2.24, 2.45) is 5.92 Å². The van der Waals surface area contributed by atoms with Crippen molar-refractivity contribution in [2.45, 2.75) is 12.8 Å². The van der Waals surface area contributed by atoms with E-state index in [0.29, 0.717) is 25.2 Å². The van der Waals surface area contributed by atoms with E-state index in [1.165, 1.54) is 12.1 Å². The molecule has 26 heavy (non-hydrogen) atoms. The third-order valence-corrected chi connectivity index (χ3v) is 4.42. The van der Waals surface area contributed by atoms with Crippen LogP contribution in [0.5, 0.6) is 0 Å². The lowest BCUT2D eigenvalue weighted by Crippen LogP contribution is -2.43. The zero-order chi connectivity index (χ0) is 18.5. The second kappa shape index (κ2) is 7.86. The molecule has 2 amide bonds. The van der Waals surface area contributed by atoms with Crippen LogP contribution in [0.25, 0.3) is 0 Å². The van der Waals surface area contributed by atoms with Gasteiger partial charge in [0.25, 0.3) is 11.8 Å². The van der Waals surface area contributed by atoms with Crippen molar-refractivity contribution < 1.29 is 23.9 Å². The van der Waals surface area contributed by atoms with Crippen LogP contribution in [0.3, 0.4) is 0 Å². The van der Waals surface area contributed by atoms with Crippen LogP contribution in [0.15, 0.2) is 46.9 Å². The molecule has 2 aromatic rings. The maximum absolute atomic E-state index is 12.5. The zero-order valence-electron chi connectivity index (χ0n) is 14.2. The predicted octanol–water partition coefficient (Wildman–Crippen LogP) is 2.26.